The molecule has 5 heteroatoms. The van der Waals surface area contributed by atoms with Crippen LogP contribution in [-0.2, 0) is 16.6 Å². The first-order valence-electron chi connectivity index (χ1n) is 5.24. The number of nitrogens with two attached hydrogens (primary N) is 1. The van der Waals surface area contributed by atoms with E-state index in [4.69, 9.17) is 5.73 Å². The Hall–Kier alpha value is -0.950. The lowest BCUT2D eigenvalue weighted by Gasteiger charge is -2.04. The first-order valence-corrected chi connectivity index (χ1v) is 7.64. The molecule has 94 valence electrons. The second kappa shape index (κ2) is 5.79. The molecule has 0 aliphatic carbocycles. The lowest BCUT2D eigenvalue weighted by atomic mass is 10.2. The van der Waals surface area contributed by atoms with Gasteiger partial charge in [0.15, 0.2) is 0 Å². The van der Waals surface area contributed by atoms with Gasteiger partial charge in [0.2, 0.25) is 0 Å². The SMILES string of the molecule is Nc1ccc(S(=O)Cc2ccc(I)cc2)cc1F. The Morgan fingerprint density at radius 1 is 1.17 bits per heavy atom. The largest absolute Gasteiger partial charge is 0.396 e. The standard InChI is InChI=1S/C13H11FINOS/c14-12-7-11(5-6-13(12)16)18(17)8-9-1-3-10(15)4-2-9/h1-7H,8,16H2. The van der Waals surface area contributed by atoms with Gasteiger partial charge in [-0.05, 0) is 58.5 Å². The monoisotopic (exact) mass is 375 g/mol. The molecule has 2 nitrogen and oxygen atoms in total. The summed E-state index contributed by atoms with van der Waals surface area (Å²) in [5.74, 6) is -0.149. The number of nitrogen functional groups attached to an aromatic ring is 1. The zero-order valence-corrected chi connectivity index (χ0v) is 12.4. The maximum Gasteiger partial charge on any atom is 0.147 e. The van der Waals surface area contributed by atoms with Crippen molar-refractivity contribution >= 4 is 39.1 Å². The predicted octanol–water partition coefficient (Wildman–Crippen LogP) is 3.32. The molecule has 18 heavy (non-hydrogen) atoms. The summed E-state index contributed by atoms with van der Waals surface area (Å²) < 4.78 is 26.5. The van der Waals surface area contributed by atoms with Crippen LogP contribution in [0.5, 0.6) is 0 Å². The van der Waals surface area contributed by atoms with Gasteiger partial charge < -0.3 is 5.73 Å². The van der Waals surface area contributed by atoms with Gasteiger partial charge in [-0.2, -0.15) is 0 Å². The Labute approximate surface area is 121 Å². The molecule has 0 bridgehead atoms. The van der Waals surface area contributed by atoms with Crippen LogP contribution in [0.2, 0.25) is 0 Å². The minimum atomic E-state index is -1.26. The maximum atomic E-state index is 13.3. The van der Waals surface area contributed by atoms with Gasteiger partial charge in [-0.25, -0.2) is 4.39 Å². The highest BCUT2D eigenvalue weighted by atomic mass is 127. The lowest BCUT2D eigenvalue weighted by molar-refractivity contribution is 0.627. The van der Waals surface area contributed by atoms with Crippen LogP contribution in [0.3, 0.4) is 0 Å². The summed E-state index contributed by atoms with van der Waals surface area (Å²) >= 11 is 2.21. The van der Waals surface area contributed by atoms with Crippen LogP contribution in [0.1, 0.15) is 5.56 Å². The molecule has 0 spiro atoms. The molecular formula is C13H11FINOS. The van der Waals surface area contributed by atoms with E-state index < -0.39 is 16.6 Å². The molecule has 0 saturated heterocycles. The second-order valence-corrected chi connectivity index (χ2v) is 6.50. The Kier molecular flexibility index (Phi) is 4.34. The zero-order valence-electron chi connectivity index (χ0n) is 9.40. The first kappa shape index (κ1) is 13.5. The molecule has 1 atom stereocenters. The molecule has 0 saturated carbocycles. The van der Waals surface area contributed by atoms with Gasteiger partial charge in [-0.15, -0.1) is 0 Å². The predicted molar refractivity (Wildman–Crippen MR) is 80.1 cm³/mol. The molecule has 0 aliphatic heterocycles. The third-order valence-electron chi connectivity index (χ3n) is 2.45. The smallest absolute Gasteiger partial charge is 0.147 e. The van der Waals surface area contributed by atoms with Gasteiger partial charge in [0, 0.05) is 8.47 Å². The Morgan fingerprint density at radius 2 is 1.83 bits per heavy atom. The summed E-state index contributed by atoms with van der Waals surface area (Å²) in [5.41, 5.74) is 6.42. The highest BCUT2D eigenvalue weighted by Gasteiger charge is 2.08. The second-order valence-electron chi connectivity index (χ2n) is 3.80. The molecule has 2 N–H and O–H groups in total. The summed E-state index contributed by atoms with van der Waals surface area (Å²) in [7, 11) is -1.26. The average Bonchev–Trinajstić information content (AvgIpc) is 2.35. The van der Waals surface area contributed by atoms with Crippen LogP contribution in [0.25, 0.3) is 0 Å². The fraction of sp³-hybridized carbons (Fsp3) is 0.0769. The number of benzene rings is 2. The first-order chi connectivity index (χ1) is 8.56. The average molecular weight is 375 g/mol. The minimum Gasteiger partial charge on any atom is -0.396 e. The van der Waals surface area contributed by atoms with Crippen LogP contribution in [0, 0.1) is 9.39 Å². The van der Waals surface area contributed by atoms with E-state index in [1.54, 1.807) is 6.07 Å². The third-order valence-corrected chi connectivity index (χ3v) is 4.54. The quantitative estimate of drug-likeness (QED) is 0.661. The number of hydrogen-bond acceptors (Lipinski definition) is 2. The molecule has 2 aromatic carbocycles. The third kappa shape index (κ3) is 3.29. The van der Waals surface area contributed by atoms with Crippen molar-refractivity contribution in [3.8, 4) is 0 Å². The fourth-order valence-corrected chi connectivity index (χ4v) is 2.94. The Morgan fingerprint density at radius 3 is 2.44 bits per heavy atom. The summed E-state index contributed by atoms with van der Waals surface area (Å²) in [6.45, 7) is 0. The van der Waals surface area contributed by atoms with E-state index in [1.807, 2.05) is 24.3 Å². The lowest BCUT2D eigenvalue weighted by Crippen LogP contribution is -1.99. The van der Waals surface area contributed by atoms with Crippen LogP contribution >= 0.6 is 22.6 Å². The summed E-state index contributed by atoms with van der Waals surface area (Å²) in [6, 6.07) is 12.0. The molecule has 0 fully saturated rings. The van der Waals surface area contributed by atoms with Crippen molar-refractivity contribution in [2.45, 2.75) is 10.6 Å². The Balaban J connectivity index is 2.16. The number of anilines is 1. The molecule has 2 aromatic rings. The van der Waals surface area contributed by atoms with E-state index >= 15 is 0 Å². The highest BCUT2D eigenvalue weighted by molar-refractivity contribution is 14.1. The van der Waals surface area contributed by atoms with Gasteiger partial charge in [0.1, 0.15) is 5.82 Å². The molecule has 0 amide bonds. The topological polar surface area (TPSA) is 43.1 Å². The van der Waals surface area contributed by atoms with Crippen molar-refractivity contribution < 1.29 is 8.60 Å². The summed E-state index contributed by atoms with van der Waals surface area (Å²) in [4.78, 5) is 0.459. The normalized spacial score (nSPS) is 12.3. The molecule has 1 unspecified atom stereocenters. The van der Waals surface area contributed by atoms with Gasteiger partial charge in [0.05, 0.1) is 22.2 Å². The molecule has 0 radical (unpaired) electrons. The van der Waals surface area contributed by atoms with Gasteiger partial charge in [-0.3, -0.25) is 4.21 Å². The van der Waals surface area contributed by atoms with Gasteiger partial charge >= 0.3 is 0 Å². The van der Waals surface area contributed by atoms with Crippen LogP contribution < -0.4 is 5.73 Å². The molecule has 2 rings (SSSR count). The van der Waals surface area contributed by atoms with Crippen molar-refractivity contribution in [1.29, 1.82) is 0 Å². The number of halogens is 2. The van der Waals surface area contributed by atoms with E-state index in [2.05, 4.69) is 22.6 Å². The molecule has 0 heterocycles. The van der Waals surface area contributed by atoms with Crippen LogP contribution in [0.4, 0.5) is 10.1 Å². The number of rotatable bonds is 3. The van der Waals surface area contributed by atoms with E-state index in [9.17, 15) is 8.60 Å². The maximum absolute atomic E-state index is 13.3. The zero-order chi connectivity index (χ0) is 13.1. The summed E-state index contributed by atoms with van der Waals surface area (Å²) in [5, 5.41) is 0. The molecule has 0 aliphatic rings. The number of hydrogen-bond donors (Lipinski definition) is 1. The van der Waals surface area contributed by atoms with Crippen LogP contribution in [-0.4, -0.2) is 4.21 Å². The van der Waals surface area contributed by atoms with E-state index in [-0.39, 0.29) is 5.69 Å². The fourth-order valence-electron chi connectivity index (χ4n) is 1.46. The van der Waals surface area contributed by atoms with Crippen LogP contribution in [0.15, 0.2) is 47.4 Å². The van der Waals surface area contributed by atoms with Crippen molar-refractivity contribution in [3.05, 3.63) is 57.4 Å². The van der Waals surface area contributed by atoms with Crippen molar-refractivity contribution in [3.63, 3.8) is 0 Å². The van der Waals surface area contributed by atoms with E-state index in [0.29, 0.717) is 10.6 Å². The van der Waals surface area contributed by atoms with Gasteiger partial charge in [-0.1, -0.05) is 12.1 Å². The Bertz CT molecular complexity index is 586. The van der Waals surface area contributed by atoms with Crippen molar-refractivity contribution in [2.24, 2.45) is 0 Å². The highest BCUT2D eigenvalue weighted by Crippen LogP contribution is 2.18. The van der Waals surface area contributed by atoms with Crippen molar-refractivity contribution in [1.82, 2.24) is 0 Å². The van der Waals surface area contributed by atoms with Gasteiger partial charge in [0.25, 0.3) is 0 Å². The van der Waals surface area contributed by atoms with Crippen molar-refractivity contribution in [2.75, 3.05) is 5.73 Å². The minimum absolute atomic E-state index is 0.0741. The molecular weight excluding hydrogens is 364 g/mol. The molecule has 0 aromatic heterocycles. The van der Waals surface area contributed by atoms with E-state index in [1.165, 1.54) is 12.1 Å². The summed E-state index contributed by atoms with van der Waals surface area (Å²) in [6.07, 6.45) is 0. The van der Waals surface area contributed by atoms with E-state index in [0.717, 1.165) is 9.13 Å².